The molecule has 0 saturated carbocycles. The average molecular weight is 244 g/mol. The Morgan fingerprint density at radius 3 is 2.20 bits per heavy atom. The summed E-state index contributed by atoms with van der Waals surface area (Å²) in [6.45, 7) is 0. The van der Waals surface area contributed by atoms with Gasteiger partial charge in [-0.05, 0) is 6.07 Å². The van der Waals surface area contributed by atoms with Gasteiger partial charge in [0.2, 0.25) is 0 Å². The molecule has 0 aliphatic heterocycles. The molecule has 0 aliphatic rings. The minimum atomic E-state index is -4.65. The third-order valence-electron chi connectivity index (χ3n) is 1.73. The summed E-state index contributed by atoms with van der Waals surface area (Å²) in [5.74, 6) is -1.46. The molecule has 7 heteroatoms. The van der Waals surface area contributed by atoms with E-state index in [2.05, 4.69) is 0 Å². The van der Waals surface area contributed by atoms with Crippen LogP contribution in [0.25, 0.3) is 0 Å². The SMILES string of the molecule is Cl.N[C@@H](c1cccc(O)c1O)C(F)(F)F. The monoisotopic (exact) mass is 243 g/mol. The quantitative estimate of drug-likeness (QED) is 0.662. The molecular formula is C8H9ClF3NO2. The zero-order valence-electron chi connectivity index (χ0n) is 7.32. The van der Waals surface area contributed by atoms with Crippen LogP contribution in [0.1, 0.15) is 11.6 Å². The number of aromatic hydroxyl groups is 2. The number of benzene rings is 1. The van der Waals surface area contributed by atoms with Crippen molar-refractivity contribution in [1.82, 2.24) is 0 Å². The van der Waals surface area contributed by atoms with Crippen LogP contribution >= 0.6 is 12.4 Å². The lowest BCUT2D eigenvalue weighted by Gasteiger charge is -2.17. The fourth-order valence-electron chi connectivity index (χ4n) is 0.976. The fourth-order valence-corrected chi connectivity index (χ4v) is 0.976. The van der Waals surface area contributed by atoms with Crippen LogP contribution in [-0.2, 0) is 0 Å². The number of alkyl halides is 3. The molecule has 0 bridgehead atoms. The maximum atomic E-state index is 12.1. The maximum Gasteiger partial charge on any atom is 0.407 e. The van der Waals surface area contributed by atoms with Gasteiger partial charge in [0.05, 0.1) is 0 Å². The molecule has 86 valence electrons. The van der Waals surface area contributed by atoms with E-state index in [0.29, 0.717) is 0 Å². The normalized spacial score (nSPS) is 13.1. The van der Waals surface area contributed by atoms with Crippen LogP contribution in [0.3, 0.4) is 0 Å². The van der Waals surface area contributed by atoms with Crippen molar-refractivity contribution in [2.75, 3.05) is 0 Å². The first kappa shape index (κ1) is 13.9. The zero-order chi connectivity index (χ0) is 10.9. The van der Waals surface area contributed by atoms with E-state index in [0.717, 1.165) is 12.1 Å². The summed E-state index contributed by atoms with van der Waals surface area (Å²) < 4.78 is 36.4. The molecule has 0 spiro atoms. The Bertz CT molecular complexity index is 343. The van der Waals surface area contributed by atoms with Crippen LogP contribution in [-0.4, -0.2) is 16.4 Å². The lowest BCUT2D eigenvalue weighted by atomic mass is 10.1. The molecule has 0 radical (unpaired) electrons. The molecule has 0 aliphatic carbocycles. The number of phenols is 2. The Kier molecular flexibility index (Phi) is 4.24. The number of halogens is 4. The van der Waals surface area contributed by atoms with E-state index in [-0.39, 0.29) is 12.4 Å². The van der Waals surface area contributed by atoms with E-state index in [1.165, 1.54) is 6.07 Å². The van der Waals surface area contributed by atoms with Gasteiger partial charge in [-0.25, -0.2) is 0 Å². The highest BCUT2D eigenvalue weighted by Crippen LogP contribution is 2.38. The lowest BCUT2D eigenvalue weighted by molar-refractivity contribution is -0.149. The van der Waals surface area contributed by atoms with Gasteiger partial charge in [0.15, 0.2) is 11.5 Å². The number of rotatable bonds is 1. The second-order valence-corrected chi connectivity index (χ2v) is 2.73. The largest absolute Gasteiger partial charge is 0.504 e. The molecule has 1 aromatic carbocycles. The Labute approximate surface area is 89.7 Å². The smallest absolute Gasteiger partial charge is 0.407 e. The topological polar surface area (TPSA) is 66.5 Å². The Balaban J connectivity index is 0.00000196. The van der Waals surface area contributed by atoms with Crippen LogP contribution in [0, 0.1) is 0 Å². The van der Waals surface area contributed by atoms with Gasteiger partial charge in [-0.3, -0.25) is 0 Å². The zero-order valence-corrected chi connectivity index (χ0v) is 8.14. The van der Waals surface area contributed by atoms with Crippen molar-refractivity contribution in [2.24, 2.45) is 5.73 Å². The highest BCUT2D eigenvalue weighted by atomic mass is 35.5. The Morgan fingerprint density at radius 2 is 1.73 bits per heavy atom. The molecule has 1 atom stereocenters. The maximum absolute atomic E-state index is 12.1. The molecule has 3 nitrogen and oxygen atoms in total. The van der Waals surface area contributed by atoms with Gasteiger partial charge in [-0.15, -0.1) is 12.4 Å². The lowest BCUT2D eigenvalue weighted by Crippen LogP contribution is -2.28. The summed E-state index contributed by atoms with van der Waals surface area (Å²) in [6, 6.07) is 0.958. The average Bonchev–Trinajstić information content (AvgIpc) is 2.07. The summed E-state index contributed by atoms with van der Waals surface area (Å²) in [5, 5.41) is 18.0. The molecule has 0 saturated heterocycles. The molecule has 0 unspecified atom stereocenters. The first-order valence-corrected chi connectivity index (χ1v) is 3.67. The molecule has 1 aromatic rings. The van der Waals surface area contributed by atoms with Crippen molar-refractivity contribution in [3.63, 3.8) is 0 Å². The second kappa shape index (κ2) is 4.59. The van der Waals surface area contributed by atoms with Crippen LogP contribution in [0.4, 0.5) is 13.2 Å². The van der Waals surface area contributed by atoms with Crippen molar-refractivity contribution in [1.29, 1.82) is 0 Å². The van der Waals surface area contributed by atoms with Crippen molar-refractivity contribution < 1.29 is 23.4 Å². The molecule has 0 amide bonds. The van der Waals surface area contributed by atoms with Gasteiger partial charge in [-0.1, -0.05) is 12.1 Å². The number of hydrogen-bond acceptors (Lipinski definition) is 3. The summed E-state index contributed by atoms with van der Waals surface area (Å²) in [5.41, 5.74) is 4.30. The minimum Gasteiger partial charge on any atom is -0.504 e. The third-order valence-corrected chi connectivity index (χ3v) is 1.73. The molecule has 1 rings (SSSR count). The van der Waals surface area contributed by atoms with E-state index < -0.39 is 29.3 Å². The van der Waals surface area contributed by atoms with Gasteiger partial charge in [-0.2, -0.15) is 13.2 Å². The predicted molar refractivity (Wildman–Crippen MR) is 50.0 cm³/mol. The van der Waals surface area contributed by atoms with Crippen molar-refractivity contribution >= 4 is 12.4 Å². The fraction of sp³-hybridized carbons (Fsp3) is 0.250. The molecular weight excluding hydrogens is 235 g/mol. The van der Waals surface area contributed by atoms with E-state index in [1.54, 1.807) is 0 Å². The van der Waals surface area contributed by atoms with E-state index in [9.17, 15) is 13.2 Å². The van der Waals surface area contributed by atoms with E-state index in [1.807, 2.05) is 0 Å². The predicted octanol–water partition coefficient (Wildman–Crippen LogP) is 2.08. The number of para-hydroxylation sites is 1. The van der Waals surface area contributed by atoms with Gasteiger partial charge >= 0.3 is 6.18 Å². The van der Waals surface area contributed by atoms with Crippen molar-refractivity contribution in [3.05, 3.63) is 23.8 Å². The van der Waals surface area contributed by atoms with Crippen molar-refractivity contribution in [3.8, 4) is 11.5 Å². The van der Waals surface area contributed by atoms with Gasteiger partial charge < -0.3 is 15.9 Å². The third kappa shape index (κ3) is 2.90. The van der Waals surface area contributed by atoms with Crippen LogP contribution in [0.15, 0.2) is 18.2 Å². The first-order chi connectivity index (χ1) is 6.34. The molecule has 4 N–H and O–H groups in total. The summed E-state index contributed by atoms with van der Waals surface area (Å²) in [4.78, 5) is 0. The van der Waals surface area contributed by atoms with E-state index in [4.69, 9.17) is 15.9 Å². The van der Waals surface area contributed by atoms with E-state index >= 15 is 0 Å². The molecule has 0 fully saturated rings. The second-order valence-electron chi connectivity index (χ2n) is 2.73. The molecule has 15 heavy (non-hydrogen) atoms. The molecule has 0 heterocycles. The summed E-state index contributed by atoms with van der Waals surface area (Å²) in [7, 11) is 0. The Morgan fingerprint density at radius 1 is 1.20 bits per heavy atom. The first-order valence-electron chi connectivity index (χ1n) is 3.67. The highest BCUT2D eigenvalue weighted by Gasteiger charge is 2.39. The molecule has 0 aromatic heterocycles. The number of phenolic OH excluding ortho intramolecular Hbond substituents is 2. The minimum absolute atomic E-state index is 0. The van der Waals surface area contributed by atoms with Crippen LogP contribution < -0.4 is 5.73 Å². The summed E-state index contributed by atoms with van der Waals surface area (Å²) >= 11 is 0. The standard InChI is InChI=1S/C8H8F3NO2.ClH/c9-8(10,11)7(12)4-2-1-3-5(13)6(4)14;/h1-3,7,13-14H,12H2;1H/t7-;/m0./s1. The highest BCUT2D eigenvalue weighted by molar-refractivity contribution is 5.85. The summed E-state index contributed by atoms with van der Waals surface area (Å²) in [6.07, 6.45) is -4.65. The van der Waals surface area contributed by atoms with Crippen LogP contribution in [0.5, 0.6) is 11.5 Å². The van der Waals surface area contributed by atoms with Gasteiger partial charge in [0, 0.05) is 5.56 Å². The van der Waals surface area contributed by atoms with Crippen molar-refractivity contribution in [2.45, 2.75) is 12.2 Å². The number of hydrogen-bond donors (Lipinski definition) is 3. The Hall–Kier alpha value is -1.14. The number of nitrogens with two attached hydrogens (primary N) is 1. The van der Waals surface area contributed by atoms with Crippen LogP contribution in [0.2, 0.25) is 0 Å². The van der Waals surface area contributed by atoms with Gasteiger partial charge in [0.25, 0.3) is 0 Å². The van der Waals surface area contributed by atoms with Gasteiger partial charge in [0.1, 0.15) is 6.04 Å².